The Bertz CT molecular complexity index is 1470. The first-order chi connectivity index (χ1) is 25.5. The number of carbonyl (C=O) groups excluding carboxylic acids is 7. The first-order valence-electron chi connectivity index (χ1n) is 19.3. The maximum absolute atomic E-state index is 13.4. The van der Waals surface area contributed by atoms with Crippen molar-refractivity contribution < 1.29 is 47.8 Å². The summed E-state index contributed by atoms with van der Waals surface area (Å²) in [6, 6.07) is -2.23. The lowest BCUT2D eigenvalue weighted by Crippen LogP contribution is -2.57. The number of ether oxygens (including phenoxy) is 3. The molecule has 3 unspecified atom stereocenters. The number of hydrogen-bond acceptors (Lipinski definition) is 10. The van der Waals surface area contributed by atoms with Gasteiger partial charge in [-0.1, -0.05) is 58.9 Å². The molecule has 2 N–H and O–H groups in total. The second-order valence-corrected chi connectivity index (χ2v) is 18.6. The van der Waals surface area contributed by atoms with E-state index in [0.29, 0.717) is 12.8 Å². The summed E-state index contributed by atoms with van der Waals surface area (Å²) in [5.74, 6) is -1.23. The van der Waals surface area contributed by atoms with Crippen molar-refractivity contribution in [1.29, 1.82) is 0 Å². The van der Waals surface area contributed by atoms with Crippen LogP contribution in [0.25, 0.3) is 0 Å². The van der Waals surface area contributed by atoms with E-state index in [2.05, 4.69) is 44.6 Å². The highest BCUT2D eigenvalue weighted by atomic mass is 16.6. The summed E-state index contributed by atoms with van der Waals surface area (Å²) < 4.78 is 16.1. The summed E-state index contributed by atoms with van der Waals surface area (Å²) >= 11 is 0. The van der Waals surface area contributed by atoms with Crippen molar-refractivity contribution in [2.24, 2.45) is 17.3 Å². The van der Waals surface area contributed by atoms with Gasteiger partial charge < -0.3 is 34.6 Å². The van der Waals surface area contributed by atoms with Crippen LogP contribution in [0.5, 0.6) is 0 Å². The number of rotatable bonds is 7. The van der Waals surface area contributed by atoms with Crippen LogP contribution in [0.1, 0.15) is 123 Å². The fraction of sp³-hybridized carbons (Fsp3) is 0.714. The van der Waals surface area contributed by atoms with E-state index in [-0.39, 0.29) is 53.3 Å². The molecule has 3 aliphatic rings. The van der Waals surface area contributed by atoms with E-state index < -0.39 is 53.1 Å². The Hall–Kier alpha value is -4.45. The third kappa shape index (κ3) is 15.2. The minimum Gasteiger partial charge on any atom is -0.458 e. The molecule has 0 aliphatic carbocycles. The van der Waals surface area contributed by atoms with Crippen LogP contribution in [0.15, 0.2) is 37.5 Å². The number of carbonyl (C=O) groups is 5. The van der Waals surface area contributed by atoms with Gasteiger partial charge in [0, 0.05) is 17.9 Å². The van der Waals surface area contributed by atoms with Crippen molar-refractivity contribution >= 4 is 36.1 Å². The minimum absolute atomic E-state index is 0.0216. The van der Waals surface area contributed by atoms with Crippen molar-refractivity contribution in [2.75, 3.05) is 0 Å². The normalized spacial score (nSPS) is 24.6. The predicted octanol–water partition coefficient (Wildman–Crippen LogP) is 6.50. The molecular weight excluding hydrogens is 720 g/mol. The molecule has 0 saturated carbocycles. The third-order valence-corrected chi connectivity index (χ3v) is 9.25. The lowest BCUT2D eigenvalue weighted by Gasteiger charge is -2.40. The fourth-order valence-electron chi connectivity index (χ4n) is 6.76. The van der Waals surface area contributed by atoms with Crippen molar-refractivity contribution in [3.63, 3.8) is 0 Å². The van der Waals surface area contributed by atoms with Crippen molar-refractivity contribution in [3.8, 4) is 0 Å². The Balaban J connectivity index is 0.000000524. The molecule has 56 heavy (non-hydrogen) atoms. The van der Waals surface area contributed by atoms with E-state index in [1.165, 1.54) is 0 Å². The molecule has 4 amide bonds. The van der Waals surface area contributed by atoms with E-state index >= 15 is 0 Å². The van der Waals surface area contributed by atoms with Gasteiger partial charge in [0.2, 0.25) is 11.8 Å². The molecule has 0 spiro atoms. The first-order valence-corrected chi connectivity index (χ1v) is 19.3. The smallest absolute Gasteiger partial charge is 0.408 e. The van der Waals surface area contributed by atoms with Gasteiger partial charge in [-0.15, -0.1) is 13.2 Å². The van der Waals surface area contributed by atoms with Gasteiger partial charge in [0.25, 0.3) is 0 Å². The van der Waals surface area contributed by atoms with Crippen LogP contribution in [-0.2, 0) is 38.2 Å². The van der Waals surface area contributed by atoms with Crippen LogP contribution in [0.4, 0.5) is 9.59 Å². The number of alkyl carbamates (subject to hydrolysis) is 2. The van der Waals surface area contributed by atoms with Gasteiger partial charge in [-0.3, -0.25) is 9.59 Å². The Labute approximate surface area is 334 Å². The predicted molar refractivity (Wildman–Crippen MR) is 212 cm³/mol. The number of likely N-dealkylation sites (tertiary alicyclic amines) is 1. The molecule has 0 aromatic rings. The third-order valence-electron chi connectivity index (χ3n) is 9.25. The highest BCUT2D eigenvalue weighted by Crippen LogP contribution is 2.37. The van der Waals surface area contributed by atoms with E-state index in [4.69, 9.17) is 23.8 Å². The molecule has 0 aromatic heterocycles. The molecule has 8 atom stereocenters. The number of fused-ring (bicyclic) bond motifs is 1. The molecule has 2 fully saturated rings. The molecule has 3 rings (SSSR count). The van der Waals surface area contributed by atoms with E-state index in [0.717, 1.165) is 12.8 Å². The fourth-order valence-corrected chi connectivity index (χ4v) is 6.76. The standard InChI is InChI=1S/C21H36N2O3.C20H32N2O5.CO2/c1-10-14(3)17(22-19(25)26-21(7,8)9)18(24)23-15(11-2)12-13-16(23)20(4,5)6;1-12-8-9-13-10-11-14(17(24)26-19(2,3)4)22(13)16(23)15(12)21-18(25)27-20(5,6)7;2-1-3/h10-11,14-17H,1-2,12-13H2,3-9H3,(H,22,25);8-9,12-15H,10-11H2,1-7H3,(H,21,25);/t14?,15-,16-,17?;12-,13?,14+,15+;/m01./s1. The average molecular weight is 789 g/mol. The summed E-state index contributed by atoms with van der Waals surface area (Å²) in [4.78, 5) is 83.5. The van der Waals surface area contributed by atoms with Crippen LogP contribution in [0, 0.1) is 17.3 Å². The van der Waals surface area contributed by atoms with Gasteiger partial charge in [0.1, 0.15) is 34.9 Å². The van der Waals surface area contributed by atoms with Crippen molar-refractivity contribution in [3.05, 3.63) is 37.5 Å². The molecule has 14 nitrogen and oxygen atoms in total. The van der Waals surface area contributed by atoms with Gasteiger partial charge in [0.15, 0.2) is 0 Å². The monoisotopic (exact) mass is 788 g/mol. The second-order valence-electron chi connectivity index (χ2n) is 18.6. The van der Waals surface area contributed by atoms with Crippen LogP contribution in [0.2, 0.25) is 0 Å². The van der Waals surface area contributed by atoms with Gasteiger partial charge >= 0.3 is 24.3 Å². The molecule has 0 bridgehead atoms. The SMILES string of the molecule is C=CC(C)C(NC(=O)OC(C)(C)C)C(=O)N1[C@H](C(C)(C)C)CC[C@@H]1C=C.C[C@@H]1C=CC2CC[C@@H](C(=O)OC(C)(C)C)N2C(=O)[C@H]1NC(=O)OC(C)(C)C.O=C=O. The Morgan fingerprint density at radius 1 is 0.821 bits per heavy atom. The number of esters is 1. The van der Waals surface area contributed by atoms with Crippen LogP contribution in [-0.4, -0.2) is 99.0 Å². The highest BCUT2D eigenvalue weighted by Gasteiger charge is 2.47. The second kappa shape index (κ2) is 20.1. The Morgan fingerprint density at radius 2 is 1.34 bits per heavy atom. The summed E-state index contributed by atoms with van der Waals surface area (Å²) in [6.07, 6.45) is 9.44. The van der Waals surface area contributed by atoms with Gasteiger partial charge in [0.05, 0.1) is 12.1 Å². The molecule has 0 radical (unpaired) electrons. The highest BCUT2D eigenvalue weighted by molar-refractivity contribution is 5.91. The molecular formula is C42H68N4O10. The quantitative estimate of drug-likeness (QED) is 0.165. The molecule has 316 valence electrons. The molecule has 14 heteroatoms. The van der Waals surface area contributed by atoms with Gasteiger partial charge in [-0.05, 0) is 93.4 Å². The number of nitrogens with one attached hydrogen (secondary N) is 2. The number of amides is 4. The largest absolute Gasteiger partial charge is 0.458 e. The lowest BCUT2D eigenvalue weighted by atomic mass is 9.84. The van der Waals surface area contributed by atoms with Crippen LogP contribution < -0.4 is 10.6 Å². The van der Waals surface area contributed by atoms with Gasteiger partial charge in [-0.25, -0.2) is 14.4 Å². The van der Waals surface area contributed by atoms with Gasteiger partial charge in [-0.2, -0.15) is 9.59 Å². The summed E-state index contributed by atoms with van der Waals surface area (Å²) in [5.41, 5.74) is -1.96. The molecule has 2 saturated heterocycles. The zero-order chi connectivity index (χ0) is 43.6. The van der Waals surface area contributed by atoms with Crippen molar-refractivity contribution in [2.45, 2.75) is 176 Å². The van der Waals surface area contributed by atoms with E-state index in [9.17, 15) is 24.0 Å². The number of hydrogen-bond donors (Lipinski definition) is 2. The molecule has 3 aliphatic heterocycles. The Morgan fingerprint density at radius 3 is 1.80 bits per heavy atom. The summed E-state index contributed by atoms with van der Waals surface area (Å²) in [7, 11) is 0. The lowest BCUT2D eigenvalue weighted by molar-refractivity contribution is -0.191. The summed E-state index contributed by atoms with van der Waals surface area (Å²) in [5, 5.41) is 5.44. The average Bonchev–Trinajstić information content (AvgIpc) is 3.65. The van der Waals surface area contributed by atoms with Crippen LogP contribution >= 0.6 is 0 Å². The first kappa shape index (κ1) is 49.6. The zero-order valence-corrected chi connectivity index (χ0v) is 36.1. The maximum Gasteiger partial charge on any atom is 0.408 e. The maximum atomic E-state index is 13.4. The zero-order valence-electron chi connectivity index (χ0n) is 36.1. The van der Waals surface area contributed by atoms with Crippen molar-refractivity contribution in [1.82, 2.24) is 20.4 Å². The van der Waals surface area contributed by atoms with E-state index in [1.54, 1.807) is 73.3 Å². The molecule has 0 aromatic carbocycles. The Kier molecular flexibility index (Phi) is 17.8. The summed E-state index contributed by atoms with van der Waals surface area (Å²) in [6.45, 7) is 33.9. The van der Waals surface area contributed by atoms with E-state index in [1.807, 2.05) is 37.0 Å². The number of nitrogens with zero attached hydrogens (tertiary/aromatic N) is 2. The molecule has 3 heterocycles. The topological polar surface area (TPSA) is 178 Å². The van der Waals surface area contributed by atoms with Crippen LogP contribution in [0.3, 0.4) is 0 Å². The minimum atomic E-state index is -0.788.